The Morgan fingerprint density at radius 3 is 2.63 bits per heavy atom. The number of piperazine rings is 1. The van der Waals surface area contributed by atoms with E-state index in [2.05, 4.69) is 4.90 Å². The lowest BCUT2D eigenvalue weighted by Crippen LogP contribution is -2.48. The molecule has 0 aromatic carbocycles. The Bertz CT molecular complexity index is 370. The van der Waals surface area contributed by atoms with Gasteiger partial charge in [-0.2, -0.15) is 0 Å². The van der Waals surface area contributed by atoms with Crippen molar-refractivity contribution in [1.82, 2.24) is 9.80 Å². The van der Waals surface area contributed by atoms with Gasteiger partial charge >= 0.3 is 0 Å². The molecule has 1 aliphatic heterocycles. The third-order valence-electron chi connectivity index (χ3n) is 3.57. The molecule has 0 bridgehead atoms. The number of hydrogen-bond donors (Lipinski definition) is 1. The molecule has 0 unspecified atom stereocenters. The zero-order valence-electron chi connectivity index (χ0n) is 11.4. The Labute approximate surface area is 114 Å². The van der Waals surface area contributed by atoms with Crippen molar-refractivity contribution in [3.63, 3.8) is 0 Å². The summed E-state index contributed by atoms with van der Waals surface area (Å²) < 4.78 is 5.15. The van der Waals surface area contributed by atoms with Gasteiger partial charge in [0.25, 0.3) is 5.91 Å². The standard InChI is InChI=1S/C14H23N3O2/c15-6-2-1-3-7-16-8-10-17(11-9-16)14(18)13-5-4-12-19-13/h4-5,12H,1-3,6-11,15H2. The Morgan fingerprint density at radius 2 is 2.00 bits per heavy atom. The SMILES string of the molecule is NCCCCCN1CCN(C(=O)c2ccco2)CC1. The molecule has 1 aliphatic rings. The molecule has 0 radical (unpaired) electrons. The lowest BCUT2D eigenvalue weighted by molar-refractivity contribution is 0.0604. The van der Waals surface area contributed by atoms with Gasteiger partial charge in [0.2, 0.25) is 0 Å². The van der Waals surface area contributed by atoms with Crippen molar-refractivity contribution in [2.75, 3.05) is 39.3 Å². The zero-order chi connectivity index (χ0) is 13.5. The fourth-order valence-corrected chi connectivity index (χ4v) is 2.39. The van der Waals surface area contributed by atoms with Gasteiger partial charge in [-0.3, -0.25) is 9.69 Å². The minimum atomic E-state index is 0.00721. The molecule has 0 atom stereocenters. The van der Waals surface area contributed by atoms with E-state index in [0.717, 1.165) is 45.7 Å². The monoisotopic (exact) mass is 265 g/mol. The molecule has 2 N–H and O–H groups in total. The molecular formula is C14H23N3O2. The van der Waals surface area contributed by atoms with Gasteiger partial charge in [-0.15, -0.1) is 0 Å². The fourth-order valence-electron chi connectivity index (χ4n) is 2.39. The van der Waals surface area contributed by atoms with Crippen LogP contribution < -0.4 is 5.73 Å². The van der Waals surface area contributed by atoms with E-state index in [1.54, 1.807) is 18.4 Å². The number of carbonyl (C=O) groups is 1. The predicted molar refractivity (Wildman–Crippen MR) is 74.0 cm³/mol. The maximum Gasteiger partial charge on any atom is 0.289 e. The van der Waals surface area contributed by atoms with Crippen molar-refractivity contribution in [3.05, 3.63) is 24.2 Å². The Hall–Kier alpha value is -1.33. The number of unbranched alkanes of at least 4 members (excludes halogenated alkanes) is 2. The van der Waals surface area contributed by atoms with Crippen molar-refractivity contribution in [2.45, 2.75) is 19.3 Å². The van der Waals surface area contributed by atoms with Gasteiger partial charge in [0.05, 0.1) is 6.26 Å². The van der Waals surface area contributed by atoms with Gasteiger partial charge in [-0.05, 0) is 38.1 Å². The molecular weight excluding hydrogens is 242 g/mol. The highest BCUT2D eigenvalue weighted by Gasteiger charge is 2.23. The summed E-state index contributed by atoms with van der Waals surface area (Å²) in [6, 6.07) is 3.47. The molecule has 0 saturated carbocycles. The van der Waals surface area contributed by atoms with Crippen LogP contribution in [0.2, 0.25) is 0 Å². The molecule has 5 nitrogen and oxygen atoms in total. The first-order chi connectivity index (χ1) is 9.31. The largest absolute Gasteiger partial charge is 0.459 e. The van der Waals surface area contributed by atoms with E-state index in [4.69, 9.17) is 10.2 Å². The van der Waals surface area contributed by atoms with E-state index in [0.29, 0.717) is 5.76 Å². The second-order valence-corrected chi connectivity index (χ2v) is 4.96. The highest BCUT2D eigenvalue weighted by atomic mass is 16.3. The van der Waals surface area contributed by atoms with E-state index >= 15 is 0 Å². The predicted octanol–water partition coefficient (Wildman–Crippen LogP) is 1.17. The number of nitrogens with two attached hydrogens (primary N) is 1. The summed E-state index contributed by atoms with van der Waals surface area (Å²) in [6.07, 6.45) is 5.04. The summed E-state index contributed by atoms with van der Waals surface area (Å²) in [5.74, 6) is 0.448. The summed E-state index contributed by atoms with van der Waals surface area (Å²) >= 11 is 0. The lowest BCUT2D eigenvalue weighted by atomic mass is 10.2. The number of nitrogens with zero attached hydrogens (tertiary/aromatic N) is 2. The van der Waals surface area contributed by atoms with Crippen LogP contribution in [0.15, 0.2) is 22.8 Å². The fraction of sp³-hybridized carbons (Fsp3) is 0.643. The Balaban J connectivity index is 1.69. The number of amides is 1. The van der Waals surface area contributed by atoms with Crippen LogP contribution in [0.3, 0.4) is 0 Å². The van der Waals surface area contributed by atoms with Crippen LogP contribution in [0, 0.1) is 0 Å². The van der Waals surface area contributed by atoms with Gasteiger partial charge in [-0.1, -0.05) is 6.42 Å². The van der Waals surface area contributed by atoms with E-state index in [-0.39, 0.29) is 5.91 Å². The molecule has 106 valence electrons. The molecule has 1 amide bonds. The van der Waals surface area contributed by atoms with Gasteiger partial charge in [0.1, 0.15) is 0 Å². The van der Waals surface area contributed by atoms with Crippen LogP contribution in [0.1, 0.15) is 29.8 Å². The van der Waals surface area contributed by atoms with E-state index < -0.39 is 0 Å². The second-order valence-electron chi connectivity index (χ2n) is 4.96. The van der Waals surface area contributed by atoms with Crippen LogP contribution in [0.5, 0.6) is 0 Å². The van der Waals surface area contributed by atoms with Crippen LogP contribution in [0.4, 0.5) is 0 Å². The Morgan fingerprint density at radius 1 is 1.21 bits per heavy atom. The molecule has 2 heterocycles. The molecule has 0 aliphatic carbocycles. The summed E-state index contributed by atoms with van der Waals surface area (Å²) in [4.78, 5) is 16.4. The molecule has 19 heavy (non-hydrogen) atoms. The molecule has 5 heteroatoms. The molecule has 1 aromatic heterocycles. The van der Waals surface area contributed by atoms with E-state index in [9.17, 15) is 4.79 Å². The Kier molecular flexibility index (Phi) is 5.42. The summed E-state index contributed by atoms with van der Waals surface area (Å²) in [5, 5.41) is 0. The second kappa shape index (κ2) is 7.31. The van der Waals surface area contributed by atoms with Crippen molar-refractivity contribution < 1.29 is 9.21 Å². The molecule has 1 fully saturated rings. The molecule has 2 rings (SSSR count). The average Bonchev–Trinajstić information content (AvgIpc) is 2.98. The van der Waals surface area contributed by atoms with E-state index in [1.165, 1.54) is 12.8 Å². The minimum absolute atomic E-state index is 0.00721. The first-order valence-corrected chi connectivity index (χ1v) is 7.06. The maximum absolute atomic E-state index is 12.1. The molecule has 0 spiro atoms. The maximum atomic E-state index is 12.1. The van der Waals surface area contributed by atoms with Crippen molar-refractivity contribution >= 4 is 5.91 Å². The number of carbonyl (C=O) groups excluding carboxylic acids is 1. The smallest absolute Gasteiger partial charge is 0.289 e. The third-order valence-corrected chi connectivity index (χ3v) is 3.57. The van der Waals surface area contributed by atoms with Crippen molar-refractivity contribution in [1.29, 1.82) is 0 Å². The first kappa shape index (κ1) is 14.1. The van der Waals surface area contributed by atoms with Crippen LogP contribution >= 0.6 is 0 Å². The number of hydrogen-bond acceptors (Lipinski definition) is 4. The van der Waals surface area contributed by atoms with E-state index in [1.807, 2.05) is 4.90 Å². The third kappa shape index (κ3) is 4.08. The highest BCUT2D eigenvalue weighted by molar-refractivity contribution is 5.91. The molecule has 1 aromatic rings. The zero-order valence-corrected chi connectivity index (χ0v) is 11.4. The lowest BCUT2D eigenvalue weighted by Gasteiger charge is -2.34. The van der Waals surface area contributed by atoms with Crippen LogP contribution in [-0.4, -0.2) is 55.0 Å². The quantitative estimate of drug-likeness (QED) is 0.784. The van der Waals surface area contributed by atoms with Crippen molar-refractivity contribution in [2.24, 2.45) is 5.73 Å². The van der Waals surface area contributed by atoms with Gasteiger partial charge < -0.3 is 15.1 Å². The number of furan rings is 1. The normalized spacial score (nSPS) is 16.8. The van der Waals surface area contributed by atoms with Gasteiger partial charge in [-0.25, -0.2) is 0 Å². The van der Waals surface area contributed by atoms with Gasteiger partial charge in [0.15, 0.2) is 5.76 Å². The average molecular weight is 265 g/mol. The first-order valence-electron chi connectivity index (χ1n) is 7.06. The topological polar surface area (TPSA) is 62.7 Å². The highest BCUT2D eigenvalue weighted by Crippen LogP contribution is 2.10. The van der Waals surface area contributed by atoms with Gasteiger partial charge in [0, 0.05) is 26.2 Å². The van der Waals surface area contributed by atoms with Crippen LogP contribution in [0.25, 0.3) is 0 Å². The number of rotatable bonds is 6. The molecule has 1 saturated heterocycles. The van der Waals surface area contributed by atoms with Crippen molar-refractivity contribution in [3.8, 4) is 0 Å². The summed E-state index contributed by atoms with van der Waals surface area (Å²) in [6.45, 7) is 5.38. The van der Waals surface area contributed by atoms with Crippen LogP contribution in [-0.2, 0) is 0 Å². The minimum Gasteiger partial charge on any atom is -0.459 e. The summed E-state index contributed by atoms with van der Waals surface area (Å²) in [7, 11) is 0. The summed E-state index contributed by atoms with van der Waals surface area (Å²) in [5.41, 5.74) is 5.48.